The topological polar surface area (TPSA) is 63.4 Å². The Kier molecular flexibility index (Phi) is 4.20. The summed E-state index contributed by atoms with van der Waals surface area (Å²) < 4.78 is 20.7. The van der Waals surface area contributed by atoms with E-state index < -0.39 is 17.8 Å². The number of aromatic nitrogens is 1. The Morgan fingerprint density at radius 3 is 2.70 bits per heavy atom. The van der Waals surface area contributed by atoms with Gasteiger partial charge in [0.25, 0.3) is 5.91 Å². The number of rotatable bonds is 3. The van der Waals surface area contributed by atoms with Gasteiger partial charge in [0.15, 0.2) is 5.43 Å². The first-order valence-electron chi connectivity index (χ1n) is 9.56. The lowest BCUT2D eigenvalue weighted by Crippen LogP contribution is -2.29. The lowest BCUT2D eigenvalue weighted by atomic mass is 9.97. The summed E-state index contributed by atoms with van der Waals surface area (Å²) in [6.45, 7) is 2.05. The van der Waals surface area contributed by atoms with Crippen LogP contribution in [0.2, 0.25) is 0 Å². The van der Waals surface area contributed by atoms with Crippen LogP contribution in [-0.2, 0) is 6.54 Å². The number of carbonyl (C=O) groups is 1. The van der Waals surface area contributed by atoms with Crippen molar-refractivity contribution >= 4 is 16.9 Å². The molecule has 4 aromatic rings. The van der Waals surface area contributed by atoms with Crippen molar-refractivity contribution in [3.63, 3.8) is 0 Å². The lowest BCUT2D eigenvalue weighted by Gasteiger charge is -2.25. The molecule has 0 spiro atoms. The number of hydrogen-bond donors (Lipinski definition) is 0. The monoisotopic (exact) mass is 400 g/mol. The number of benzene rings is 2. The van der Waals surface area contributed by atoms with Crippen LogP contribution in [0.4, 0.5) is 4.39 Å². The van der Waals surface area contributed by atoms with E-state index in [0.717, 1.165) is 11.1 Å². The molecular formula is C24H17FN2O3. The van der Waals surface area contributed by atoms with Gasteiger partial charge >= 0.3 is 0 Å². The van der Waals surface area contributed by atoms with E-state index in [-0.39, 0.29) is 28.9 Å². The molecule has 0 radical (unpaired) electrons. The van der Waals surface area contributed by atoms with Crippen LogP contribution < -0.4 is 5.43 Å². The Bertz CT molecular complexity index is 1350. The van der Waals surface area contributed by atoms with Crippen molar-refractivity contribution in [1.29, 1.82) is 0 Å². The fraction of sp³-hybridized carbons (Fsp3) is 0.125. The second-order valence-electron chi connectivity index (χ2n) is 7.39. The molecule has 5 rings (SSSR count). The highest BCUT2D eigenvalue weighted by atomic mass is 19.1. The van der Waals surface area contributed by atoms with Crippen LogP contribution in [0.5, 0.6) is 0 Å². The van der Waals surface area contributed by atoms with E-state index in [9.17, 15) is 14.0 Å². The third-order valence-corrected chi connectivity index (χ3v) is 5.40. The highest BCUT2D eigenvalue weighted by molar-refractivity contribution is 5.99. The number of hydrogen-bond acceptors (Lipinski definition) is 4. The minimum Gasteiger partial charge on any atom is -0.450 e. The SMILES string of the molecule is Cc1ccc2oc3c(c(=O)c2c1)[C@@H](c1ccccc1F)N(Cc1cccnc1)C3=O. The molecule has 1 aliphatic rings. The van der Waals surface area contributed by atoms with Gasteiger partial charge in [0.2, 0.25) is 5.76 Å². The van der Waals surface area contributed by atoms with Gasteiger partial charge in [-0.15, -0.1) is 0 Å². The Hall–Kier alpha value is -3.80. The summed E-state index contributed by atoms with van der Waals surface area (Å²) in [6, 6.07) is 14.1. The molecule has 6 heteroatoms. The zero-order chi connectivity index (χ0) is 20.8. The number of fused-ring (bicyclic) bond motifs is 2. The molecule has 30 heavy (non-hydrogen) atoms. The lowest BCUT2D eigenvalue weighted by molar-refractivity contribution is 0.0712. The molecule has 5 nitrogen and oxygen atoms in total. The maximum absolute atomic E-state index is 14.8. The molecule has 0 fully saturated rings. The van der Waals surface area contributed by atoms with Crippen molar-refractivity contribution in [2.24, 2.45) is 0 Å². The second kappa shape index (κ2) is 6.91. The average molecular weight is 400 g/mol. The summed E-state index contributed by atoms with van der Waals surface area (Å²) in [5, 5.41) is 0.381. The van der Waals surface area contributed by atoms with Crippen LogP contribution in [0.3, 0.4) is 0 Å². The van der Waals surface area contributed by atoms with Crippen LogP contribution in [0.1, 0.15) is 38.9 Å². The van der Waals surface area contributed by atoms with Crippen LogP contribution >= 0.6 is 0 Å². The number of amides is 1. The predicted octanol–water partition coefficient (Wildman–Crippen LogP) is 4.38. The minimum atomic E-state index is -0.880. The summed E-state index contributed by atoms with van der Waals surface area (Å²) in [5.74, 6) is -0.960. The van der Waals surface area contributed by atoms with E-state index >= 15 is 0 Å². The van der Waals surface area contributed by atoms with Gasteiger partial charge in [-0.25, -0.2) is 4.39 Å². The maximum Gasteiger partial charge on any atom is 0.291 e. The number of nitrogens with zero attached hydrogens (tertiary/aromatic N) is 2. The zero-order valence-corrected chi connectivity index (χ0v) is 16.1. The van der Waals surface area contributed by atoms with E-state index in [1.165, 1.54) is 11.0 Å². The van der Waals surface area contributed by atoms with Crippen molar-refractivity contribution in [3.8, 4) is 0 Å². The molecule has 1 amide bonds. The van der Waals surface area contributed by atoms with E-state index in [1.807, 2.05) is 19.1 Å². The smallest absolute Gasteiger partial charge is 0.291 e. The highest BCUT2D eigenvalue weighted by Crippen LogP contribution is 2.39. The van der Waals surface area contributed by atoms with Gasteiger partial charge in [0.05, 0.1) is 17.0 Å². The molecule has 0 N–H and O–H groups in total. The minimum absolute atomic E-state index is 0.0338. The largest absolute Gasteiger partial charge is 0.450 e. The molecule has 0 aliphatic carbocycles. The van der Waals surface area contributed by atoms with Gasteiger partial charge in [-0.2, -0.15) is 0 Å². The Balaban J connectivity index is 1.77. The Morgan fingerprint density at radius 1 is 1.10 bits per heavy atom. The second-order valence-corrected chi connectivity index (χ2v) is 7.39. The van der Waals surface area contributed by atoms with Crippen LogP contribution in [0, 0.1) is 12.7 Å². The maximum atomic E-state index is 14.8. The molecule has 0 unspecified atom stereocenters. The van der Waals surface area contributed by atoms with E-state index in [1.54, 1.807) is 48.8 Å². The summed E-state index contributed by atoms with van der Waals surface area (Å²) in [6.07, 6.45) is 3.28. The van der Waals surface area contributed by atoms with Crippen LogP contribution in [0.15, 0.2) is 76.2 Å². The van der Waals surface area contributed by atoms with Gasteiger partial charge in [-0.05, 0) is 36.8 Å². The number of aryl methyl sites for hydroxylation is 1. The molecule has 0 bridgehead atoms. The molecule has 1 atom stereocenters. The standard InChI is InChI=1S/C24H17FN2O3/c1-14-8-9-19-17(11-14)22(28)20-21(16-6-2-3-7-18(16)25)27(24(29)23(20)30-19)13-15-5-4-10-26-12-15/h2-12,21H,13H2,1H3/t21-/m1/s1. The first-order valence-corrected chi connectivity index (χ1v) is 9.56. The molecule has 0 saturated heterocycles. The number of pyridine rings is 1. The summed E-state index contributed by atoms with van der Waals surface area (Å²) in [5.41, 5.74) is 2.12. The summed E-state index contributed by atoms with van der Waals surface area (Å²) in [4.78, 5) is 32.3. The van der Waals surface area contributed by atoms with Crippen molar-refractivity contribution in [2.45, 2.75) is 19.5 Å². The molecule has 2 aromatic heterocycles. The van der Waals surface area contributed by atoms with Gasteiger partial charge in [0, 0.05) is 24.5 Å². The van der Waals surface area contributed by atoms with Crippen molar-refractivity contribution in [3.05, 3.63) is 111 Å². The van der Waals surface area contributed by atoms with Gasteiger partial charge < -0.3 is 9.32 Å². The third kappa shape index (κ3) is 2.80. The Morgan fingerprint density at radius 2 is 1.93 bits per heavy atom. The zero-order valence-electron chi connectivity index (χ0n) is 16.1. The first kappa shape index (κ1) is 18.2. The normalized spacial score (nSPS) is 15.6. The van der Waals surface area contributed by atoms with Crippen LogP contribution in [0.25, 0.3) is 11.0 Å². The van der Waals surface area contributed by atoms with E-state index in [2.05, 4.69) is 4.98 Å². The molecule has 0 saturated carbocycles. The molecular weight excluding hydrogens is 383 g/mol. The molecule has 2 aromatic carbocycles. The third-order valence-electron chi connectivity index (χ3n) is 5.40. The van der Waals surface area contributed by atoms with Gasteiger partial charge in [-0.3, -0.25) is 14.6 Å². The summed E-state index contributed by atoms with van der Waals surface area (Å²) in [7, 11) is 0. The summed E-state index contributed by atoms with van der Waals surface area (Å²) >= 11 is 0. The number of halogens is 1. The van der Waals surface area contributed by atoms with Gasteiger partial charge in [-0.1, -0.05) is 35.9 Å². The highest BCUT2D eigenvalue weighted by Gasteiger charge is 2.43. The average Bonchev–Trinajstić information content (AvgIpc) is 3.02. The predicted molar refractivity (Wildman–Crippen MR) is 110 cm³/mol. The Labute approximate surface area is 171 Å². The van der Waals surface area contributed by atoms with E-state index in [0.29, 0.717) is 11.0 Å². The number of carbonyl (C=O) groups excluding carboxylic acids is 1. The quantitative estimate of drug-likeness (QED) is 0.512. The fourth-order valence-electron chi connectivity index (χ4n) is 4.01. The van der Waals surface area contributed by atoms with Crippen molar-refractivity contribution < 1.29 is 13.6 Å². The molecule has 148 valence electrons. The van der Waals surface area contributed by atoms with E-state index in [4.69, 9.17) is 4.42 Å². The van der Waals surface area contributed by atoms with Crippen molar-refractivity contribution in [2.75, 3.05) is 0 Å². The fourth-order valence-corrected chi connectivity index (χ4v) is 4.01. The van der Waals surface area contributed by atoms with Crippen LogP contribution in [-0.4, -0.2) is 15.8 Å². The molecule has 1 aliphatic heterocycles. The van der Waals surface area contributed by atoms with Gasteiger partial charge in [0.1, 0.15) is 11.4 Å². The first-order chi connectivity index (χ1) is 14.5. The van der Waals surface area contributed by atoms with Crippen molar-refractivity contribution in [1.82, 2.24) is 9.88 Å². The molecule has 3 heterocycles.